The Kier molecular flexibility index (Phi) is 6.63. The third kappa shape index (κ3) is 5.26. The number of hydrogen-bond acceptors (Lipinski definition) is 5. The lowest BCUT2D eigenvalue weighted by atomic mass is 10.0. The van der Waals surface area contributed by atoms with Crippen molar-refractivity contribution in [3.8, 4) is 0 Å². The molecule has 0 aliphatic heterocycles. The van der Waals surface area contributed by atoms with Crippen LogP contribution in [-0.2, 0) is 22.6 Å². The number of para-hydroxylation sites is 1. The molecule has 0 aliphatic rings. The largest absolute Gasteiger partial charge is 0.459 e. The van der Waals surface area contributed by atoms with Crippen LogP contribution >= 0.6 is 0 Å². The SMILES string of the molecule is O=C(NC(Cc1c[nH]c2ccccc12)C(=O)OCc1ccc([N+](=O)[O-])cc1)c1ccc(F)cc1. The Hall–Kier alpha value is -4.53. The molecule has 0 fully saturated rings. The number of benzene rings is 3. The van der Waals surface area contributed by atoms with Gasteiger partial charge in [0.1, 0.15) is 18.5 Å². The van der Waals surface area contributed by atoms with Crippen LogP contribution in [0.15, 0.2) is 79.0 Å². The van der Waals surface area contributed by atoms with Crippen LogP contribution in [-0.4, -0.2) is 27.8 Å². The van der Waals surface area contributed by atoms with Crippen LogP contribution in [0.3, 0.4) is 0 Å². The first-order chi connectivity index (χ1) is 16.4. The summed E-state index contributed by atoms with van der Waals surface area (Å²) in [5.41, 5.74) is 2.40. The molecule has 1 aromatic heterocycles. The van der Waals surface area contributed by atoms with Gasteiger partial charge in [-0.05, 0) is 53.6 Å². The Morgan fingerprint density at radius 3 is 2.44 bits per heavy atom. The number of rotatable bonds is 8. The van der Waals surface area contributed by atoms with E-state index in [2.05, 4.69) is 10.3 Å². The Morgan fingerprint density at radius 1 is 1.03 bits per heavy atom. The molecular formula is C25H20FN3O5. The maximum absolute atomic E-state index is 13.2. The molecular weight excluding hydrogens is 441 g/mol. The van der Waals surface area contributed by atoms with E-state index in [-0.39, 0.29) is 24.3 Å². The first-order valence-electron chi connectivity index (χ1n) is 10.4. The summed E-state index contributed by atoms with van der Waals surface area (Å²) in [6.45, 7) is -0.117. The number of hydrogen-bond donors (Lipinski definition) is 2. The summed E-state index contributed by atoms with van der Waals surface area (Å²) < 4.78 is 18.6. The average Bonchev–Trinajstić information content (AvgIpc) is 3.25. The highest BCUT2D eigenvalue weighted by Crippen LogP contribution is 2.20. The molecule has 8 nitrogen and oxygen atoms in total. The van der Waals surface area contributed by atoms with Crippen LogP contribution in [0.5, 0.6) is 0 Å². The van der Waals surface area contributed by atoms with Gasteiger partial charge in [0.15, 0.2) is 0 Å². The number of non-ortho nitro benzene ring substituents is 1. The number of carbonyl (C=O) groups is 2. The van der Waals surface area contributed by atoms with Crippen LogP contribution in [0.4, 0.5) is 10.1 Å². The molecule has 1 atom stereocenters. The van der Waals surface area contributed by atoms with E-state index in [0.717, 1.165) is 28.6 Å². The highest BCUT2D eigenvalue weighted by Gasteiger charge is 2.25. The van der Waals surface area contributed by atoms with Gasteiger partial charge in [0, 0.05) is 41.2 Å². The molecule has 4 aromatic rings. The van der Waals surface area contributed by atoms with Crippen molar-refractivity contribution in [1.82, 2.24) is 10.3 Å². The number of amides is 1. The summed E-state index contributed by atoms with van der Waals surface area (Å²) in [7, 11) is 0. The van der Waals surface area contributed by atoms with Gasteiger partial charge in [0.2, 0.25) is 0 Å². The lowest BCUT2D eigenvalue weighted by molar-refractivity contribution is -0.384. The molecule has 9 heteroatoms. The number of H-pyrrole nitrogens is 1. The third-order valence-corrected chi connectivity index (χ3v) is 5.32. The second-order valence-electron chi connectivity index (χ2n) is 7.63. The standard InChI is InChI=1S/C25H20FN3O5/c26-19-9-7-17(8-10-19)24(30)28-23(13-18-14-27-22-4-2-1-3-21(18)22)25(31)34-15-16-5-11-20(12-6-16)29(32)33/h1-12,14,23,27H,13,15H2,(H,28,30). The highest BCUT2D eigenvalue weighted by atomic mass is 19.1. The van der Waals surface area contributed by atoms with Gasteiger partial charge in [0.25, 0.3) is 11.6 Å². The zero-order valence-electron chi connectivity index (χ0n) is 17.9. The van der Waals surface area contributed by atoms with Crippen LogP contribution in [0.2, 0.25) is 0 Å². The molecule has 2 N–H and O–H groups in total. The van der Waals surface area contributed by atoms with E-state index < -0.39 is 28.7 Å². The fraction of sp³-hybridized carbons (Fsp3) is 0.120. The Morgan fingerprint density at radius 2 is 1.74 bits per heavy atom. The van der Waals surface area contributed by atoms with Gasteiger partial charge >= 0.3 is 5.97 Å². The minimum Gasteiger partial charge on any atom is -0.459 e. The normalized spacial score (nSPS) is 11.7. The first kappa shape index (κ1) is 22.7. The molecule has 3 aromatic carbocycles. The number of nitrogens with one attached hydrogen (secondary N) is 2. The van der Waals surface area contributed by atoms with Crippen molar-refractivity contribution >= 4 is 28.5 Å². The van der Waals surface area contributed by atoms with Crippen molar-refractivity contribution in [2.45, 2.75) is 19.1 Å². The van der Waals surface area contributed by atoms with Crippen molar-refractivity contribution < 1.29 is 23.6 Å². The molecule has 0 saturated carbocycles. The van der Waals surface area contributed by atoms with Gasteiger partial charge in [0.05, 0.1) is 4.92 Å². The fourth-order valence-corrected chi connectivity index (χ4v) is 3.53. The summed E-state index contributed by atoms with van der Waals surface area (Å²) in [4.78, 5) is 39.1. The lowest BCUT2D eigenvalue weighted by Gasteiger charge is -2.18. The maximum Gasteiger partial charge on any atom is 0.329 e. The van der Waals surface area contributed by atoms with Crippen molar-refractivity contribution in [2.75, 3.05) is 0 Å². The number of aromatic nitrogens is 1. The Labute approximate surface area is 193 Å². The molecule has 0 spiro atoms. The van der Waals surface area contributed by atoms with E-state index in [4.69, 9.17) is 4.74 Å². The van der Waals surface area contributed by atoms with Crippen LogP contribution < -0.4 is 5.32 Å². The van der Waals surface area contributed by atoms with E-state index in [1.165, 1.54) is 36.4 Å². The third-order valence-electron chi connectivity index (χ3n) is 5.32. The number of fused-ring (bicyclic) bond motifs is 1. The number of aromatic amines is 1. The number of nitro benzene ring substituents is 1. The van der Waals surface area contributed by atoms with E-state index in [0.29, 0.717) is 5.56 Å². The average molecular weight is 461 g/mol. The number of carbonyl (C=O) groups excluding carboxylic acids is 2. The second-order valence-corrected chi connectivity index (χ2v) is 7.63. The second kappa shape index (κ2) is 9.95. The number of halogens is 1. The molecule has 172 valence electrons. The fourth-order valence-electron chi connectivity index (χ4n) is 3.53. The van der Waals surface area contributed by atoms with E-state index in [1.54, 1.807) is 6.20 Å². The molecule has 0 saturated heterocycles. The van der Waals surface area contributed by atoms with Gasteiger partial charge < -0.3 is 15.0 Å². The first-order valence-corrected chi connectivity index (χ1v) is 10.4. The Bertz CT molecular complexity index is 1330. The van der Waals surface area contributed by atoms with E-state index >= 15 is 0 Å². The minimum absolute atomic E-state index is 0.0705. The van der Waals surface area contributed by atoms with Crippen LogP contribution in [0.1, 0.15) is 21.5 Å². The zero-order chi connectivity index (χ0) is 24.1. The zero-order valence-corrected chi connectivity index (χ0v) is 17.9. The molecule has 0 aliphatic carbocycles. The van der Waals surface area contributed by atoms with Crippen molar-refractivity contribution in [1.29, 1.82) is 0 Å². The molecule has 34 heavy (non-hydrogen) atoms. The molecule has 4 rings (SSSR count). The van der Waals surface area contributed by atoms with Crippen molar-refractivity contribution in [3.63, 3.8) is 0 Å². The van der Waals surface area contributed by atoms with Gasteiger partial charge in [-0.1, -0.05) is 18.2 Å². The molecule has 0 radical (unpaired) electrons. The summed E-state index contributed by atoms with van der Waals surface area (Å²) in [5.74, 6) is -1.69. The van der Waals surface area contributed by atoms with Crippen molar-refractivity contribution in [3.05, 3.63) is 112 Å². The van der Waals surface area contributed by atoms with E-state index in [1.807, 2.05) is 24.3 Å². The smallest absolute Gasteiger partial charge is 0.329 e. The van der Waals surface area contributed by atoms with Gasteiger partial charge in [-0.2, -0.15) is 0 Å². The summed E-state index contributed by atoms with van der Waals surface area (Å²) in [6, 6.07) is 17.2. The highest BCUT2D eigenvalue weighted by molar-refractivity contribution is 5.97. The van der Waals surface area contributed by atoms with Crippen LogP contribution in [0.25, 0.3) is 10.9 Å². The van der Waals surface area contributed by atoms with Crippen molar-refractivity contribution in [2.24, 2.45) is 0 Å². The summed E-state index contributed by atoms with van der Waals surface area (Å²) in [5, 5.41) is 14.4. The minimum atomic E-state index is -1.02. The number of ether oxygens (including phenoxy) is 1. The molecule has 1 heterocycles. The predicted molar refractivity (Wildman–Crippen MR) is 123 cm³/mol. The Balaban J connectivity index is 1.51. The number of nitrogens with zero attached hydrogens (tertiary/aromatic N) is 1. The van der Waals surface area contributed by atoms with Gasteiger partial charge in [-0.3, -0.25) is 14.9 Å². The quantitative estimate of drug-likeness (QED) is 0.231. The van der Waals surface area contributed by atoms with Crippen LogP contribution in [0, 0.1) is 15.9 Å². The molecule has 0 bridgehead atoms. The lowest BCUT2D eigenvalue weighted by Crippen LogP contribution is -2.43. The number of esters is 1. The monoisotopic (exact) mass is 461 g/mol. The van der Waals surface area contributed by atoms with Gasteiger partial charge in [-0.15, -0.1) is 0 Å². The van der Waals surface area contributed by atoms with E-state index in [9.17, 15) is 24.1 Å². The summed E-state index contributed by atoms with van der Waals surface area (Å²) >= 11 is 0. The predicted octanol–water partition coefficient (Wildman–Crippen LogP) is 4.30. The van der Waals surface area contributed by atoms with Gasteiger partial charge in [-0.25, -0.2) is 9.18 Å². The number of nitro groups is 1. The maximum atomic E-state index is 13.2. The molecule has 1 unspecified atom stereocenters. The summed E-state index contributed by atoms with van der Waals surface area (Å²) in [6.07, 6.45) is 1.93. The molecule has 1 amide bonds. The topological polar surface area (TPSA) is 114 Å².